The lowest BCUT2D eigenvalue weighted by Crippen LogP contribution is -2.33. The van der Waals surface area contributed by atoms with Crippen LogP contribution in [0.1, 0.15) is 47.1 Å². The SMILES string of the molecule is O=C(O)[C@@H]1CSc2c(C3CC3)c(Cc3cccc4ccccc34)c(/C=N\O)c(=O)n21. The highest BCUT2D eigenvalue weighted by molar-refractivity contribution is 7.99. The maximum absolute atomic E-state index is 13.3. The van der Waals surface area contributed by atoms with Crippen molar-refractivity contribution in [3.05, 3.63) is 75.1 Å². The van der Waals surface area contributed by atoms with Gasteiger partial charge in [0.25, 0.3) is 5.56 Å². The monoisotopic (exact) mass is 420 g/mol. The molecule has 2 aromatic carbocycles. The van der Waals surface area contributed by atoms with Crippen LogP contribution in [0, 0.1) is 0 Å². The molecule has 0 spiro atoms. The zero-order valence-corrected chi connectivity index (χ0v) is 16.9. The Balaban J connectivity index is 1.77. The Morgan fingerprint density at radius 3 is 2.70 bits per heavy atom. The summed E-state index contributed by atoms with van der Waals surface area (Å²) in [6, 6.07) is 13.3. The average Bonchev–Trinajstić information content (AvgIpc) is 3.48. The molecule has 7 heteroatoms. The lowest BCUT2D eigenvalue weighted by Gasteiger charge is -2.19. The zero-order valence-electron chi connectivity index (χ0n) is 16.1. The maximum Gasteiger partial charge on any atom is 0.327 e. The van der Waals surface area contributed by atoms with Crippen molar-refractivity contribution < 1.29 is 15.1 Å². The molecule has 0 saturated heterocycles. The predicted molar refractivity (Wildman–Crippen MR) is 116 cm³/mol. The number of fused-ring (bicyclic) bond motifs is 2. The molecule has 1 aliphatic carbocycles. The first-order valence-corrected chi connectivity index (χ1v) is 10.9. The lowest BCUT2D eigenvalue weighted by molar-refractivity contribution is -0.140. The smallest absolute Gasteiger partial charge is 0.327 e. The van der Waals surface area contributed by atoms with Crippen LogP contribution in [0.25, 0.3) is 10.8 Å². The number of carboxylic acids is 1. The van der Waals surface area contributed by atoms with E-state index in [1.807, 2.05) is 18.2 Å². The highest BCUT2D eigenvalue weighted by Crippen LogP contribution is 2.49. The molecule has 1 aliphatic heterocycles. The summed E-state index contributed by atoms with van der Waals surface area (Å²) in [6.45, 7) is 0. The van der Waals surface area contributed by atoms with E-state index in [-0.39, 0.29) is 5.56 Å². The summed E-state index contributed by atoms with van der Waals surface area (Å²) in [5, 5.41) is 25.1. The molecule has 0 unspecified atom stereocenters. The normalized spacial score (nSPS) is 18.2. The minimum atomic E-state index is -1.02. The third-order valence-corrected chi connectivity index (χ3v) is 7.12. The van der Waals surface area contributed by atoms with Gasteiger partial charge >= 0.3 is 5.97 Å². The summed E-state index contributed by atoms with van der Waals surface area (Å²) in [5.41, 5.74) is 2.86. The summed E-state index contributed by atoms with van der Waals surface area (Å²) in [5.74, 6) is -0.376. The van der Waals surface area contributed by atoms with Crippen LogP contribution in [0.15, 0.2) is 57.4 Å². The van der Waals surface area contributed by atoms with E-state index in [0.29, 0.717) is 18.1 Å². The number of aliphatic carboxylic acids is 1. The summed E-state index contributed by atoms with van der Waals surface area (Å²) >= 11 is 1.44. The summed E-state index contributed by atoms with van der Waals surface area (Å²) in [4.78, 5) is 25.1. The van der Waals surface area contributed by atoms with Gasteiger partial charge in [-0.25, -0.2) is 4.79 Å². The van der Waals surface area contributed by atoms with Crippen molar-refractivity contribution in [2.75, 3.05) is 5.75 Å². The third kappa shape index (κ3) is 3.01. The first kappa shape index (κ1) is 18.9. The second-order valence-electron chi connectivity index (χ2n) is 7.79. The first-order valence-electron chi connectivity index (χ1n) is 9.91. The van der Waals surface area contributed by atoms with Crippen molar-refractivity contribution in [1.82, 2.24) is 4.57 Å². The molecule has 5 rings (SSSR count). The van der Waals surface area contributed by atoms with Crippen LogP contribution in [0.2, 0.25) is 0 Å². The van der Waals surface area contributed by atoms with Gasteiger partial charge in [0.2, 0.25) is 0 Å². The molecular weight excluding hydrogens is 400 g/mol. The summed E-state index contributed by atoms with van der Waals surface area (Å²) < 4.78 is 1.39. The van der Waals surface area contributed by atoms with Crippen LogP contribution >= 0.6 is 11.8 Å². The van der Waals surface area contributed by atoms with E-state index in [4.69, 9.17) is 0 Å². The van der Waals surface area contributed by atoms with Crippen LogP contribution in [0.3, 0.4) is 0 Å². The minimum Gasteiger partial charge on any atom is -0.480 e. The molecule has 1 saturated carbocycles. The van der Waals surface area contributed by atoms with Crippen LogP contribution in [0.5, 0.6) is 0 Å². The van der Waals surface area contributed by atoms with Gasteiger partial charge in [-0.3, -0.25) is 9.36 Å². The number of carbonyl (C=O) groups is 1. The number of hydrogen-bond donors (Lipinski definition) is 2. The fourth-order valence-electron chi connectivity index (χ4n) is 4.41. The first-order chi connectivity index (χ1) is 14.6. The molecule has 1 aromatic heterocycles. The Morgan fingerprint density at radius 2 is 1.97 bits per heavy atom. The molecule has 2 aliphatic rings. The molecule has 0 amide bonds. The van der Waals surface area contributed by atoms with Gasteiger partial charge in [0.1, 0.15) is 6.04 Å². The molecule has 152 valence electrons. The van der Waals surface area contributed by atoms with E-state index < -0.39 is 17.6 Å². The lowest BCUT2D eigenvalue weighted by atomic mass is 9.92. The maximum atomic E-state index is 13.3. The fourth-order valence-corrected chi connectivity index (χ4v) is 5.81. The molecule has 0 radical (unpaired) electrons. The minimum absolute atomic E-state index is 0.282. The Morgan fingerprint density at radius 1 is 1.20 bits per heavy atom. The zero-order chi connectivity index (χ0) is 20.8. The van der Waals surface area contributed by atoms with Crippen LogP contribution in [0.4, 0.5) is 0 Å². The van der Waals surface area contributed by atoms with Gasteiger partial charge in [0, 0.05) is 5.75 Å². The summed E-state index contributed by atoms with van der Waals surface area (Å²) in [7, 11) is 0. The topological polar surface area (TPSA) is 91.9 Å². The Hall–Kier alpha value is -3.06. The van der Waals surface area contributed by atoms with Crippen molar-refractivity contribution in [2.45, 2.75) is 36.2 Å². The molecule has 2 heterocycles. The number of benzene rings is 2. The second-order valence-corrected chi connectivity index (χ2v) is 8.79. The molecule has 1 fully saturated rings. The second kappa shape index (κ2) is 7.32. The largest absolute Gasteiger partial charge is 0.480 e. The van der Waals surface area contributed by atoms with Gasteiger partial charge in [-0.15, -0.1) is 11.8 Å². The average molecular weight is 420 g/mol. The molecule has 3 aromatic rings. The highest BCUT2D eigenvalue weighted by atomic mass is 32.2. The number of pyridine rings is 1. The molecule has 1 atom stereocenters. The van der Waals surface area contributed by atoms with E-state index in [1.165, 1.54) is 22.5 Å². The van der Waals surface area contributed by atoms with Gasteiger partial charge in [-0.2, -0.15) is 0 Å². The van der Waals surface area contributed by atoms with E-state index in [2.05, 4.69) is 29.4 Å². The Labute approximate surface area is 176 Å². The van der Waals surface area contributed by atoms with Crippen molar-refractivity contribution in [3.8, 4) is 0 Å². The third-order valence-electron chi connectivity index (χ3n) is 5.94. The standard InChI is InChI=1S/C23H20N2O4S/c26-21-18(11-24-29)17(10-15-6-3-5-13-4-1-2-7-16(13)15)20(14-8-9-14)22-25(21)19(12-30-22)23(27)28/h1-7,11,14,19,29H,8-10,12H2,(H,27,28)/b24-11-/t19-/m0/s1. The van der Waals surface area contributed by atoms with Crippen molar-refractivity contribution in [2.24, 2.45) is 5.16 Å². The van der Waals surface area contributed by atoms with E-state index in [1.54, 1.807) is 0 Å². The molecular formula is C23H20N2O4S. The molecule has 2 N–H and O–H groups in total. The van der Waals surface area contributed by atoms with Crippen molar-refractivity contribution in [1.29, 1.82) is 0 Å². The number of oxime groups is 1. The fraction of sp³-hybridized carbons (Fsp3) is 0.261. The van der Waals surface area contributed by atoms with Crippen LogP contribution in [-0.4, -0.2) is 32.8 Å². The number of nitrogens with zero attached hydrogens (tertiary/aromatic N) is 2. The van der Waals surface area contributed by atoms with Crippen molar-refractivity contribution >= 4 is 34.7 Å². The Kier molecular flexibility index (Phi) is 4.62. The van der Waals surface area contributed by atoms with Crippen LogP contribution < -0.4 is 5.56 Å². The summed E-state index contributed by atoms with van der Waals surface area (Å²) in [6.07, 6.45) is 3.73. The van der Waals surface area contributed by atoms with Gasteiger partial charge in [0.05, 0.1) is 16.8 Å². The van der Waals surface area contributed by atoms with Gasteiger partial charge in [0.15, 0.2) is 0 Å². The van der Waals surface area contributed by atoms with E-state index >= 15 is 0 Å². The van der Waals surface area contributed by atoms with E-state index in [9.17, 15) is 19.9 Å². The number of carboxylic acid groups (broad SMARTS) is 1. The number of rotatable bonds is 5. The molecule has 6 nitrogen and oxygen atoms in total. The highest BCUT2D eigenvalue weighted by Gasteiger charge is 2.39. The molecule has 30 heavy (non-hydrogen) atoms. The van der Waals surface area contributed by atoms with E-state index in [0.717, 1.165) is 45.3 Å². The van der Waals surface area contributed by atoms with Crippen molar-refractivity contribution in [3.63, 3.8) is 0 Å². The predicted octanol–water partition coefficient (Wildman–Crippen LogP) is 4.01. The van der Waals surface area contributed by atoms with Crippen LogP contribution in [-0.2, 0) is 11.2 Å². The van der Waals surface area contributed by atoms with Gasteiger partial charge < -0.3 is 10.3 Å². The number of hydrogen-bond acceptors (Lipinski definition) is 5. The number of aromatic nitrogens is 1. The quantitative estimate of drug-likeness (QED) is 0.370. The van der Waals surface area contributed by atoms with Gasteiger partial charge in [-0.1, -0.05) is 47.6 Å². The molecule has 0 bridgehead atoms. The van der Waals surface area contributed by atoms with Gasteiger partial charge in [-0.05, 0) is 52.6 Å². The Bertz CT molecular complexity index is 1250. The number of thioether (sulfide) groups is 1.